The Kier molecular flexibility index (Phi) is 4.19. The molecule has 2 atom stereocenters. The lowest BCUT2D eigenvalue weighted by molar-refractivity contribution is 0.419. The third-order valence-electron chi connectivity index (χ3n) is 5.95. The minimum absolute atomic E-state index is 0.0186. The van der Waals surface area contributed by atoms with Crippen LogP contribution in [0.3, 0.4) is 0 Å². The Bertz CT molecular complexity index is 1040. The van der Waals surface area contributed by atoms with Gasteiger partial charge in [-0.1, -0.05) is 6.07 Å². The predicted octanol–water partition coefficient (Wildman–Crippen LogP) is 2.71. The lowest BCUT2D eigenvalue weighted by atomic mass is 10.0. The summed E-state index contributed by atoms with van der Waals surface area (Å²) in [4.78, 5) is 28.6. The lowest BCUT2D eigenvalue weighted by Gasteiger charge is -2.38. The summed E-state index contributed by atoms with van der Waals surface area (Å²) in [5.41, 5.74) is 4.23. The Hall–Kier alpha value is -3.02. The van der Waals surface area contributed by atoms with E-state index >= 15 is 0 Å². The van der Waals surface area contributed by atoms with Crippen molar-refractivity contribution < 1.29 is 0 Å². The first kappa shape index (κ1) is 17.1. The van der Waals surface area contributed by atoms with Crippen molar-refractivity contribution in [3.05, 3.63) is 70.5 Å². The maximum atomic E-state index is 12.8. The molecule has 0 aromatic carbocycles. The summed E-state index contributed by atoms with van der Waals surface area (Å²) in [6.45, 7) is 3.85. The fourth-order valence-electron chi connectivity index (χ4n) is 4.43. The van der Waals surface area contributed by atoms with Gasteiger partial charge in [0.1, 0.15) is 0 Å². The summed E-state index contributed by atoms with van der Waals surface area (Å²) in [7, 11) is 0. The quantitative estimate of drug-likeness (QED) is 0.706. The second-order valence-electron chi connectivity index (χ2n) is 7.84. The van der Waals surface area contributed by atoms with Crippen LogP contribution < -0.4 is 10.5 Å². The molecular weight excluding hydrogens is 350 g/mol. The van der Waals surface area contributed by atoms with E-state index in [1.807, 2.05) is 29.0 Å². The summed E-state index contributed by atoms with van der Waals surface area (Å²) in [6.07, 6.45) is 8.34. The highest BCUT2D eigenvalue weighted by atomic mass is 16.1. The minimum Gasteiger partial charge on any atom is -0.339 e. The highest BCUT2D eigenvalue weighted by molar-refractivity contribution is 5.59. The van der Waals surface area contributed by atoms with E-state index in [1.54, 1.807) is 18.5 Å². The standard InChI is InChI=1S/C22H23N5O/c1-15-6-10-26-21(28)13-20(17-4-8-23-9-5-17)25-22(26)27(15)14-16-11-18-3-2-7-24-19(18)12-16/h2-5,7-9,13,15-16H,6,10-12,14H2,1H3/t15?,16-/m0/s1. The average molecular weight is 373 g/mol. The molecule has 5 rings (SSSR count). The van der Waals surface area contributed by atoms with Crippen LogP contribution in [0.5, 0.6) is 0 Å². The number of aromatic nitrogens is 4. The first-order chi connectivity index (χ1) is 13.7. The van der Waals surface area contributed by atoms with E-state index in [9.17, 15) is 4.79 Å². The molecule has 1 unspecified atom stereocenters. The lowest BCUT2D eigenvalue weighted by Crippen LogP contribution is -2.46. The van der Waals surface area contributed by atoms with Gasteiger partial charge in [-0.15, -0.1) is 0 Å². The number of anilines is 1. The van der Waals surface area contributed by atoms with E-state index in [4.69, 9.17) is 4.98 Å². The molecule has 6 nitrogen and oxygen atoms in total. The first-order valence-electron chi connectivity index (χ1n) is 9.91. The molecule has 2 aliphatic rings. The molecule has 0 saturated heterocycles. The van der Waals surface area contributed by atoms with Crippen molar-refractivity contribution in [3.63, 3.8) is 0 Å². The molecule has 28 heavy (non-hydrogen) atoms. The van der Waals surface area contributed by atoms with Gasteiger partial charge in [0.2, 0.25) is 5.95 Å². The highest BCUT2D eigenvalue weighted by Crippen LogP contribution is 2.30. The zero-order valence-corrected chi connectivity index (χ0v) is 16.0. The second-order valence-corrected chi connectivity index (χ2v) is 7.84. The van der Waals surface area contributed by atoms with E-state index in [0.29, 0.717) is 17.7 Å². The molecule has 0 spiro atoms. The number of hydrogen-bond acceptors (Lipinski definition) is 5. The van der Waals surface area contributed by atoms with Gasteiger partial charge < -0.3 is 4.90 Å². The van der Waals surface area contributed by atoms with Crippen molar-refractivity contribution in [2.24, 2.45) is 5.92 Å². The molecule has 1 aliphatic heterocycles. The maximum Gasteiger partial charge on any atom is 0.255 e. The molecule has 0 N–H and O–H groups in total. The molecule has 142 valence electrons. The average Bonchev–Trinajstić information content (AvgIpc) is 3.13. The maximum absolute atomic E-state index is 12.8. The van der Waals surface area contributed by atoms with Crippen LogP contribution in [0, 0.1) is 5.92 Å². The van der Waals surface area contributed by atoms with E-state index in [1.165, 1.54) is 11.3 Å². The summed E-state index contributed by atoms with van der Waals surface area (Å²) >= 11 is 0. The predicted molar refractivity (Wildman–Crippen MR) is 108 cm³/mol. The van der Waals surface area contributed by atoms with Crippen molar-refractivity contribution >= 4 is 5.95 Å². The number of nitrogens with zero attached hydrogens (tertiary/aromatic N) is 5. The number of pyridine rings is 2. The minimum atomic E-state index is 0.0186. The third kappa shape index (κ3) is 2.99. The summed E-state index contributed by atoms with van der Waals surface area (Å²) < 4.78 is 1.82. The van der Waals surface area contributed by atoms with E-state index < -0.39 is 0 Å². The van der Waals surface area contributed by atoms with Crippen LogP contribution in [-0.4, -0.2) is 32.1 Å². The molecule has 0 bridgehead atoms. The van der Waals surface area contributed by atoms with Crippen LogP contribution in [-0.2, 0) is 19.4 Å². The van der Waals surface area contributed by atoms with Crippen LogP contribution in [0.15, 0.2) is 53.7 Å². The summed E-state index contributed by atoms with van der Waals surface area (Å²) in [5.74, 6) is 1.29. The monoisotopic (exact) mass is 373 g/mol. The molecule has 0 fully saturated rings. The number of hydrogen-bond donors (Lipinski definition) is 0. The Balaban J connectivity index is 1.49. The van der Waals surface area contributed by atoms with Crippen LogP contribution in [0.25, 0.3) is 11.3 Å². The Labute approximate surface area is 163 Å². The van der Waals surface area contributed by atoms with Crippen molar-refractivity contribution in [1.82, 2.24) is 19.5 Å². The first-order valence-corrected chi connectivity index (χ1v) is 9.91. The summed E-state index contributed by atoms with van der Waals surface area (Å²) in [6, 6.07) is 9.99. The van der Waals surface area contributed by atoms with Crippen LogP contribution >= 0.6 is 0 Å². The zero-order chi connectivity index (χ0) is 19.1. The molecule has 4 heterocycles. The Morgan fingerprint density at radius 3 is 2.82 bits per heavy atom. The van der Waals surface area contributed by atoms with Crippen molar-refractivity contribution in [2.45, 2.75) is 38.8 Å². The van der Waals surface area contributed by atoms with Gasteiger partial charge in [-0.25, -0.2) is 4.98 Å². The Morgan fingerprint density at radius 2 is 2.00 bits per heavy atom. The van der Waals surface area contributed by atoms with Gasteiger partial charge in [-0.2, -0.15) is 0 Å². The van der Waals surface area contributed by atoms with Crippen LogP contribution in [0.2, 0.25) is 0 Å². The van der Waals surface area contributed by atoms with E-state index in [0.717, 1.165) is 43.9 Å². The zero-order valence-electron chi connectivity index (χ0n) is 16.0. The van der Waals surface area contributed by atoms with Gasteiger partial charge in [0, 0.05) is 55.0 Å². The largest absolute Gasteiger partial charge is 0.339 e. The van der Waals surface area contributed by atoms with Gasteiger partial charge >= 0.3 is 0 Å². The van der Waals surface area contributed by atoms with Crippen molar-refractivity contribution in [1.29, 1.82) is 0 Å². The smallest absolute Gasteiger partial charge is 0.255 e. The summed E-state index contributed by atoms with van der Waals surface area (Å²) in [5, 5.41) is 0. The fraction of sp³-hybridized carbons (Fsp3) is 0.364. The number of rotatable bonds is 3. The third-order valence-corrected chi connectivity index (χ3v) is 5.95. The van der Waals surface area contributed by atoms with Gasteiger partial charge in [-0.3, -0.25) is 19.3 Å². The van der Waals surface area contributed by atoms with Gasteiger partial charge in [0.15, 0.2) is 0 Å². The fourth-order valence-corrected chi connectivity index (χ4v) is 4.43. The molecule has 3 aromatic rings. The topological polar surface area (TPSA) is 63.9 Å². The SMILES string of the molecule is CC1CCn2c(nc(-c3ccncc3)cc2=O)N1C[C@H]1Cc2cccnc2C1. The normalized spacial score (nSPS) is 20.7. The van der Waals surface area contributed by atoms with Gasteiger partial charge in [-0.05, 0) is 55.9 Å². The van der Waals surface area contributed by atoms with Crippen LogP contribution in [0.1, 0.15) is 24.6 Å². The molecular formula is C22H23N5O. The molecule has 6 heteroatoms. The molecule has 1 aliphatic carbocycles. The highest BCUT2D eigenvalue weighted by Gasteiger charge is 2.31. The van der Waals surface area contributed by atoms with Crippen molar-refractivity contribution in [3.8, 4) is 11.3 Å². The Morgan fingerprint density at radius 1 is 1.14 bits per heavy atom. The second kappa shape index (κ2) is 6.86. The molecule has 0 radical (unpaired) electrons. The number of fused-ring (bicyclic) bond motifs is 2. The molecule has 0 saturated carbocycles. The van der Waals surface area contributed by atoms with Gasteiger partial charge in [0.05, 0.1) is 5.69 Å². The molecule has 0 amide bonds. The molecule has 3 aromatic heterocycles. The van der Waals surface area contributed by atoms with Gasteiger partial charge in [0.25, 0.3) is 5.56 Å². The van der Waals surface area contributed by atoms with Crippen molar-refractivity contribution in [2.75, 3.05) is 11.4 Å². The van der Waals surface area contributed by atoms with Crippen LogP contribution in [0.4, 0.5) is 5.95 Å². The van der Waals surface area contributed by atoms with E-state index in [2.05, 4.69) is 27.9 Å². The van der Waals surface area contributed by atoms with E-state index in [-0.39, 0.29) is 5.56 Å².